The van der Waals surface area contributed by atoms with E-state index in [-0.39, 0.29) is 54.1 Å². The molecular formula is C81H73F3N6O11. The minimum absolute atomic E-state index is 0.0333. The summed E-state index contributed by atoms with van der Waals surface area (Å²) in [5, 5.41) is 16.0. The van der Waals surface area contributed by atoms with Crippen molar-refractivity contribution in [1.29, 1.82) is 0 Å². The molecule has 101 heavy (non-hydrogen) atoms. The molecule has 8 aromatic carbocycles. The van der Waals surface area contributed by atoms with Crippen LogP contribution >= 0.6 is 0 Å². The fourth-order valence-corrected chi connectivity index (χ4v) is 13.5. The highest BCUT2D eigenvalue weighted by Crippen LogP contribution is 2.48. The monoisotopic (exact) mass is 1360 g/mol. The number of nitrogens with zero attached hydrogens (tertiary/aromatic N) is 5. The molecule has 6 heterocycles. The Kier molecular flexibility index (Phi) is 19.1. The number of ether oxygens (including phenoxy) is 7. The van der Waals surface area contributed by atoms with E-state index in [9.17, 15) is 32.7 Å². The number of aromatic nitrogens is 3. The average Bonchev–Trinajstić information content (AvgIpc) is 1.74. The molecule has 11 aromatic rings. The summed E-state index contributed by atoms with van der Waals surface area (Å²) in [6.07, 6.45) is 11.6. The second-order valence-electron chi connectivity index (χ2n) is 26.0. The Bertz CT molecular complexity index is 4980. The van der Waals surface area contributed by atoms with Gasteiger partial charge in [-0.05, 0) is 180 Å². The van der Waals surface area contributed by atoms with Crippen LogP contribution in [0.25, 0.3) is 32.7 Å². The molecule has 0 bridgehead atoms. The maximum absolute atomic E-state index is 13.6. The molecule has 20 heteroatoms. The maximum Gasteiger partial charge on any atom is 0.258 e. The van der Waals surface area contributed by atoms with Crippen molar-refractivity contribution in [2.75, 3.05) is 48.6 Å². The van der Waals surface area contributed by atoms with Gasteiger partial charge < -0.3 is 53.4 Å². The summed E-state index contributed by atoms with van der Waals surface area (Å²) in [4.78, 5) is 56.8. The van der Waals surface area contributed by atoms with Gasteiger partial charge in [-0.1, -0.05) is 60.7 Å². The van der Waals surface area contributed by atoms with Gasteiger partial charge in [0, 0.05) is 71.1 Å². The third-order valence-electron chi connectivity index (χ3n) is 19.0. The van der Waals surface area contributed by atoms with Gasteiger partial charge in [0.05, 0.1) is 65.3 Å². The van der Waals surface area contributed by atoms with Gasteiger partial charge in [0.2, 0.25) is 0 Å². The van der Waals surface area contributed by atoms with Crippen LogP contribution in [-0.2, 0) is 52.1 Å². The highest BCUT2D eigenvalue weighted by Gasteiger charge is 2.41. The number of phenolic OH excluding ortho intramolecular Hbond substituents is 1. The summed E-state index contributed by atoms with van der Waals surface area (Å²) >= 11 is 0. The van der Waals surface area contributed by atoms with E-state index >= 15 is 0 Å². The van der Waals surface area contributed by atoms with E-state index in [1.165, 1.54) is 36.4 Å². The SMILES string of the molecule is COc1c2c(c(O)c3ncc(Cc4ccc(F)cc4)cc13)C(=O)N(CC1CC1)C2.COc1ccc(COc2c3c(c(OC)c4cc(Cc5ccc(F)cc5)cnc24)CN(CC2CC2)C3=O)cc1.COc1ccc(COc2c3c(c(OC)c4cc(Cc5ccc(F)cc5)cnc24)CNC3=O)cc1. The molecule has 0 radical (unpaired) electrons. The normalized spacial score (nSPS) is 14.2. The number of methoxy groups -OCH3 is 5. The van der Waals surface area contributed by atoms with Crippen molar-refractivity contribution in [1.82, 2.24) is 30.1 Å². The van der Waals surface area contributed by atoms with E-state index in [1.54, 1.807) is 95.4 Å². The van der Waals surface area contributed by atoms with Gasteiger partial charge in [0.1, 0.15) is 76.0 Å². The summed E-state index contributed by atoms with van der Waals surface area (Å²) in [6.45, 7) is 3.31. The molecule has 2 saturated carbocycles. The summed E-state index contributed by atoms with van der Waals surface area (Å²) in [5.41, 5.74) is 12.8. The first-order valence-electron chi connectivity index (χ1n) is 33.5. The van der Waals surface area contributed by atoms with Crippen LogP contribution in [0.3, 0.4) is 0 Å². The fourth-order valence-electron chi connectivity index (χ4n) is 13.5. The molecule has 0 atom stereocenters. The van der Waals surface area contributed by atoms with E-state index in [1.807, 2.05) is 71.6 Å². The zero-order valence-corrected chi connectivity index (χ0v) is 56.5. The van der Waals surface area contributed by atoms with Crippen LogP contribution < -0.4 is 38.5 Å². The smallest absolute Gasteiger partial charge is 0.258 e. The number of hydrogen-bond donors (Lipinski definition) is 2. The molecular weight excluding hydrogens is 1290 g/mol. The quantitative estimate of drug-likeness (QED) is 0.0690. The lowest BCUT2D eigenvalue weighted by Gasteiger charge is -2.17. The molecule has 3 aliphatic heterocycles. The Morgan fingerprint density at radius 2 is 0.782 bits per heavy atom. The maximum atomic E-state index is 13.6. The third-order valence-corrected chi connectivity index (χ3v) is 19.0. The Labute approximate surface area is 581 Å². The van der Waals surface area contributed by atoms with Crippen LogP contribution in [0.2, 0.25) is 0 Å². The number of amides is 3. The molecule has 0 spiro atoms. The molecule has 0 saturated heterocycles. The summed E-state index contributed by atoms with van der Waals surface area (Å²) < 4.78 is 80.2. The number of pyridine rings is 3. The van der Waals surface area contributed by atoms with Gasteiger partial charge in [0.25, 0.3) is 17.7 Å². The van der Waals surface area contributed by atoms with Crippen LogP contribution in [0.4, 0.5) is 13.2 Å². The van der Waals surface area contributed by atoms with Crippen molar-refractivity contribution in [3.8, 4) is 46.0 Å². The Morgan fingerprint density at radius 3 is 1.18 bits per heavy atom. The van der Waals surface area contributed by atoms with Crippen molar-refractivity contribution in [2.45, 2.75) is 77.8 Å². The van der Waals surface area contributed by atoms with Crippen molar-refractivity contribution in [3.05, 3.63) is 253 Å². The summed E-state index contributed by atoms with van der Waals surface area (Å²) in [6, 6.07) is 40.4. The topological polar surface area (TPSA) is 193 Å². The van der Waals surface area contributed by atoms with E-state index in [2.05, 4.69) is 15.3 Å². The Hall–Kier alpha value is -11.4. The summed E-state index contributed by atoms with van der Waals surface area (Å²) in [7, 11) is 8.04. The van der Waals surface area contributed by atoms with E-state index in [0.717, 1.165) is 122 Å². The lowest BCUT2D eigenvalue weighted by molar-refractivity contribution is 0.0760. The van der Waals surface area contributed by atoms with Gasteiger partial charge in [-0.25, -0.2) is 13.2 Å². The Morgan fingerprint density at radius 1 is 0.426 bits per heavy atom. The molecule has 16 rings (SSSR count). The standard InChI is InChI=1S/C31H29FN2O4.C27H23FN2O4.C23H21FN2O3/c1-36-24-11-7-21(8-12-24)18-38-30-27-26(17-34(31(27)35)16-20-3-4-20)29(37-2)25-14-22(15-33-28(25)30)13-19-5-9-23(32)10-6-19;1-32-20-9-5-17(6-10-20)15-34-26-23-22(14-30-27(23)31)25(33-2)21-12-18(13-29-24(21)26)11-16-3-7-19(28)8-4-16;1-29-22-17-9-15(8-13-4-6-16(24)7-5-13)10-25-20(17)21(27)19-18(22)12-26(23(19)28)11-14-2-3-14/h5-12,14-15,20H,3-4,13,16-18H2,1-2H3;3-10,12-13H,11,14-15H2,1-2H3,(H,30,31);4-7,9-10,14,27H,2-3,8,11-12H2,1H3. The van der Waals surface area contributed by atoms with Crippen molar-refractivity contribution < 1.29 is 65.8 Å². The van der Waals surface area contributed by atoms with Gasteiger partial charge in [-0.15, -0.1) is 0 Å². The van der Waals surface area contributed by atoms with Crippen LogP contribution in [0.1, 0.15) is 118 Å². The Balaban J connectivity index is 0.000000130. The summed E-state index contributed by atoms with van der Waals surface area (Å²) in [5.74, 6) is 4.17. The predicted molar refractivity (Wildman–Crippen MR) is 375 cm³/mol. The number of carbonyl (C=O) groups excluding carboxylic acids is 3. The second kappa shape index (κ2) is 28.8. The first kappa shape index (κ1) is 66.8. The number of hydrogen-bond acceptors (Lipinski definition) is 14. The number of benzene rings is 8. The number of aromatic hydroxyl groups is 1. The first-order valence-corrected chi connectivity index (χ1v) is 33.5. The number of fused-ring (bicyclic) bond motifs is 6. The lowest BCUT2D eigenvalue weighted by Crippen LogP contribution is -2.26. The second-order valence-corrected chi connectivity index (χ2v) is 26.0. The zero-order chi connectivity index (χ0) is 70.0. The molecule has 0 unspecified atom stereocenters. The zero-order valence-electron chi connectivity index (χ0n) is 56.5. The van der Waals surface area contributed by atoms with Crippen LogP contribution in [0.15, 0.2) is 158 Å². The number of nitrogens with one attached hydrogen (secondary N) is 1. The highest BCUT2D eigenvalue weighted by molar-refractivity contribution is 6.11. The van der Waals surface area contributed by atoms with E-state index in [4.69, 9.17) is 38.1 Å². The fraction of sp³-hybridized carbons (Fsp3) is 0.259. The molecule has 17 nitrogen and oxygen atoms in total. The van der Waals surface area contributed by atoms with Crippen LogP contribution in [0.5, 0.6) is 46.0 Å². The first-order chi connectivity index (χ1) is 49.1. The van der Waals surface area contributed by atoms with Gasteiger partial charge in [0.15, 0.2) is 17.2 Å². The number of carbonyl (C=O) groups is 3. The lowest BCUT2D eigenvalue weighted by atomic mass is 9.99. The molecule has 514 valence electrons. The molecule has 3 aromatic heterocycles. The number of rotatable bonds is 21. The number of phenols is 1. The molecule has 2 aliphatic carbocycles. The highest BCUT2D eigenvalue weighted by atomic mass is 19.1. The number of halogens is 3. The van der Waals surface area contributed by atoms with Crippen molar-refractivity contribution in [2.24, 2.45) is 11.8 Å². The van der Waals surface area contributed by atoms with Crippen LogP contribution in [-0.4, -0.2) is 96.2 Å². The molecule has 2 fully saturated rings. The van der Waals surface area contributed by atoms with Crippen molar-refractivity contribution in [3.63, 3.8) is 0 Å². The van der Waals surface area contributed by atoms with Gasteiger partial charge in [-0.3, -0.25) is 29.3 Å². The third kappa shape index (κ3) is 14.2. The average molecular weight is 1360 g/mol. The van der Waals surface area contributed by atoms with Crippen molar-refractivity contribution >= 4 is 50.4 Å². The molecule has 5 aliphatic rings. The van der Waals surface area contributed by atoms with E-state index in [0.29, 0.717) is 118 Å². The van der Waals surface area contributed by atoms with Gasteiger partial charge >= 0.3 is 0 Å². The van der Waals surface area contributed by atoms with Gasteiger partial charge in [-0.2, -0.15) is 0 Å². The minimum atomic E-state index is -0.270. The van der Waals surface area contributed by atoms with E-state index < -0.39 is 0 Å². The van der Waals surface area contributed by atoms with Crippen LogP contribution in [0, 0.1) is 29.3 Å². The largest absolute Gasteiger partial charge is 0.505 e. The molecule has 2 N–H and O–H groups in total. The minimum Gasteiger partial charge on any atom is -0.505 e. The molecule has 3 amide bonds. The predicted octanol–water partition coefficient (Wildman–Crippen LogP) is 14.8.